The lowest BCUT2D eigenvalue weighted by atomic mass is 10.0. The van der Waals surface area contributed by atoms with E-state index in [-0.39, 0.29) is 18.6 Å². The van der Waals surface area contributed by atoms with Crippen molar-refractivity contribution in [3.05, 3.63) is 59.7 Å². The van der Waals surface area contributed by atoms with Gasteiger partial charge in [-0.1, -0.05) is 48.2 Å². The van der Waals surface area contributed by atoms with Crippen LogP contribution in [-0.4, -0.2) is 12.5 Å². The van der Waals surface area contributed by atoms with Crippen LogP contribution >= 0.6 is 11.8 Å². The van der Waals surface area contributed by atoms with Crippen molar-refractivity contribution in [1.29, 1.82) is 0 Å². The van der Waals surface area contributed by atoms with Crippen LogP contribution in [0.2, 0.25) is 0 Å². The van der Waals surface area contributed by atoms with E-state index in [4.69, 9.17) is 10.5 Å². The summed E-state index contributed by atoms with van der Waals surface area (Å²) in [4.78, 5) is 13.8. The summed E-state index contributed by atoms with van der Waals surface area (Å²) in [5.41, 5.74) is 7.39. The van der Waals surface area contributed by atoms with Crippen LogP contribution in [0.25, 0.3) is 0 Å². The zero-order chi connectivity index (χ0) is 13.2. The molecule has 0 amide bonds. The average molecular weight is 271 g/mol. The smallest absolute Gasteiger partial charge is 0.320 e. The third-order valence-electron chi connectivity index (χ3n) is 3.04. The number of carbonyl (C=O) groups excluding carboxylic acids is 1. The standard InChI is InChI=1S/C15H13NO2S/c16-9-14(17)18-15-10-5-1-3-7-12(10)19-13-8-4-2-6-11(13)15/h1-8,15H,9,16H2. The Balaban J connectivity index is 2.08. The third kappa shape index (κ3) is 2.25. The SMILES string of the molecule is NCC(=O)OC1c2ccccc2Sc2ccccc21. The van der Waals surface area contributed by atoms with Gasteiger partial charge in [-0.05, 0) is 12.1 Å². The van der Waals surface area contributed by atoms with E-state index in [0.717, 1.165) is 20.9 Å². The molecule has 2 aromatic rings. The Labute approximate surface area is 115 Å². The highest BCUT2D eigenvalue weighted by molar-refractivity contribution is 7.99. The summed E-state index contributed by atoms with van der Waals surface area (Å²) in [6.07, 6.45) is -0.357. The van der Waals surface area contributed by atoms with Crippen LogP contribution < -0.4 is 5.73 Å². The van der Waals surface area contributed by atoms with E-state index in [1.165, 1.54) is 0 Å². The lowest BCUT2D eigenvalue weighted by molar-refractivity contribution is -0.146. The van der Waals surface area contributed by atoms with Gasteiger partial charge in [-0.3, -0.25) is 4.79 Å². The minimum atomic E-state index is -0.387. The maximum Gasteiger partial charge on any atom is 0.320 e. The lowest BCUT2D eigenvalue weighted by Crippen LogP contribution is -2.22. The monoisotopic (exact) mass is 271 g/mol. The molecule has 0 bridgehead atoms. The molecular weight excluding hydrogens is 258 g/mol. The molecule has 1 aliphatic rings. The fourth-order valence-electron chi connectivity index (χ4n) is 2.17. The normalized spacial score (nSPS) is 13.5. The largest absolute Gasteiger partial charge is 0.452 e. The van der Waals surface area contributed by atoms with Crippen LogP contribution in [-0.2, 0) is 9.53 Å². The predicted molar refractivity (Wildman–Crippen MR) is 74.0 cm³/mol. The fraction of sp³-hybridized carbons (Fsp3) is 0.133. The molecule has 0 atom stereocenters. The van der Waals surface area contributed by atoms with Gasteiger partial charge in [0.15, 0.2) is 6.10 Å². The van der Waals surface area contributed by atoms with Crippen LogP contribution in [0.3, 0.4) is 0 Å². The first-order chi connectivity index (χ1) is 9.29. The average Bonchev–Trinajstić information content (AvgIpc) is 2.46. The molecule has 19 heavy (non-hydrogen) atoms. The van der Waals surface area contributed by atoms with Crippen LogP contribution in [0, 0.1) is 0 Å². The Bertz CT molecular complexity index is 582. The number of carbonyl (C=O) groups is 1. The van der Waals surface area contributed by atoms with Crippen LogP contribution in [0.5, 0.6) is 0 Å². The zero-order valence-corrected chi connectivity index (χ0v) is 11.0. The molecule has 0 radical (unpaired) electrons. The number of fused-ring (bicyclic) bond motifs is 2. The summed E-state index contributed by atoms with van der Waals surface area (Å²) in [5.74, 6) is -0.387. The van der Waals surface area contributed by atoms with Gasteiger partial charge in [0, 0.05) is 20.9 Å². The summed E-state index contributed by atoms with van der Waals surface area (Å²) in [6.45, 7) is -0.103. The Morgan fingerprint density at radius 2 is 1.58 bits per heavy atom. The molecule has 0 spiro atoms. The van der Waals surface area contributed by atoms with E-state index in [2.05, 4.69) is 0 Å². The maximum atomic E-state index is 11.5. The number of benzene rings is 2. The molecule has 2 N–H and O–H groups in total. The summed E-state index contributed by atoms with van der Waals surface area (Å²) < 4.78 is 5.52. The Hall–Kier alpha value is -1.78. The van der Waals surface area contributed by atoms with E-state index in [0.29, 0.717) is 0 Å². The molecule has 3 rings (SSSR count). The predicted octanol–water partition coefficient (Wildman–Crippen LogP) is 2.74. The first kappa shape index (κ1) is 12.3. The molecule has 0 fully saturated rings. The molecule has 3 nitrogen and oxygen atoms in total. The summed E-state index contributed by atoms with van der Waals surface area (Å²) in [5, 5.41) is 0. The molecule has 1 heterocycles. The van der Waals surface area contributed by atoms with E-state index >= 15 is 0 Å². The molecule has 0 aliphatic carbocycles. The van der Waals surface area contributed by atoms with Gasteiger partial charge in [0.2, 0.25) is 0 Å². The summed E-state index contributed by atoms with van der Waals surface area (Å²) in [7, 11) is 0. The van der Waals surface area contributed by atoms with Gasteiger partial charge in [0.25, 0.3) is 0 Å². The molecular formula is C15H13NO2S. The molecule has 4 heteroatoms. The van der Waals surface area contributed by atoms with Crippen molar-refractivity contribution in [2.24, 2.45) is 5.73 Å². The number of esters is 1. The number of hydrogen-bond acceptors (Lipinski definition) is 4. The Morgan fingerprint density at radius 3 is 2.11 bits per heavy atom. The van der Waals surface area contributed by atoms with E-state index < -0.39 is 0 Å². The minimum Gasteiger partial charge on any atom is -0.452 e. The molecule has 96 valence electrons. The Kier molecular flexibility index (Phi) is 3.27. The van der Waals surface area contributed by atoms with Crippen molar-refractivity contribution in [3.63, 3.8) is 0 Å². The van der Waals surface area contributed by atoms with Gasteiger partial charge in [-0.2, -0.15) is 0 Å². The quantitative estimate of drug-likeness (QED) is 0.853. The fourth-order valence-corrected chi connectivity index (χ4v) is 3.29. The molecule has 0 saturated carbocycles. The zero-order valence-electron chi connectivity index (χ0n) is 10.2. The van der Waals surface area contributed by atoms with Gasteiger partial charge in [-0.25, -0.2) is 0 Å². The third-order valence-corrected chi connectivity index (χ3v) is 4.22. The van der Waals surface area contributed by atoms with Gasteiger partial charge < -0.3 is 10.5 Å². The molecule has 1 aliphatic heterocycles. The molecule has 0 saturated heterocycles. The number of rotatable bonds is 2. The summed E-state index contributed by atoms with van der Waals surface area (Å²) >= 11 is 1.70. The van der Waals surface area contributed by atoms with Crippen molar-refractivity contribution in [1.82, 2.24) is 0 Å². The Morgan fingerprint density at radius 1 is 1.05 bits per heavy atom. The van der Waals surface area contributed by atoms with Crippen molar-refractivity contribution in [3.8, 4) is 0 Å². The van der Waals surface area contributed by atoms with E-state index in [1.807, 2.05) is 48.5 Å². The van der Waals surface area contributed by atoms with Crippen molar-refractivity contribution >= 4 is 17.7 Å². The maximum absolute atomic E-state index is 11.5. The second kappa shape index (κ2) is 5.07. The van der Waals surface area contributed by atoms with Gasteiger partial charge in [0.05, 0.1) is 6.54 Å². The van der Waals surface area contributed by atoms with Gasteiger partial charge in [-0.15, -0.1) is 0 Å². The van der Waals surface area contributed by atoms with Gasteiger partial charge >= 0.3 is 5.97 Å². The minimum absolute atomic E-state index is 0.103. The van der Waals surface area contributed by atoms with Crippen LogP contribution in [0.4, 0.5) is 0 Å². The van der Waals surface area contributed by atoms with Crippen molar-refractivity contribution < 1.29 is 9.53 Å². The molecule has 0 aromatic heterocycles. The van der Waals surface area contributed by atoms with E-state index in [9.17, 15) is 4.79 Å². The molecule has 2 aromatic carbocycles. The second-order valence-corrected chi connectivity index (χ2v) is 5.34. The highest BCUT2D eigenvalue weighted by Crippen LogP contribution is 2.45. The number of hydrogen-bond donors (Lipinski definition) is 1. The highest BCUT2D eigenvalue weighted by Gasteiger charge is 2.28. The van der Waals surface area contributed by atoms with E-state index in [1.54, 1.807) is 11.8 Å². The van der Waals surface area contributed by atoms with Gasteiger partial charge in [0.1, 0.15) is 0 Å². The topological polar surface area (TPSA) is 52.3 Å². The molecule has 0 unspecified atom stereocenters. The highest BCUT2D eigenvalue weighted by atomic mass is 32.2. The number of nitrogens with two attached hydrogens (primary N) is 1. The van der Waals surface area contributed by atoms with Crippen molar-refractivity contribution in [2.75, 3.05) is 6.54 Å². The number of ether oxygens (including phenoxy) is 1. The second-order valence-electron chi connectivity index (χ2n) is 4.25. The van der Waals surface area contributed by atoms with Crippen molar-refractivity contribution in [2.45, 2.75) is 15.9 Å². The summed E-state index contributed by atoms with van der Waals surface area (Å²) in [6, 6.07) is 16.0. The first-order valence-electron chi connectivity index (χ1n) is 6.05. The van der Waals surface area contributed by atoms with Crippen LogP contribution in [0.15, 0.2) is 58.3 Å². The lowest BCUT2D eigenvalue weighted by Gasteiger charge is -2.27. The first-order valence-corrected chi connectivity index (χ1v) is 6.86. The van der Waals surface area contributed by atoms with Crippen LogP contribution in [0.1, 0.15) is 17.2 Å².